The zero-order valence-electron chi connectivity index (χ0n) is 13.0. The van der Waals surface area contributed by atoms with Crippen LogP contribution < -0.4 is 5.73 Å². The molecule has 1 atom stereocenters. The highest BCUT2D eigenvalue weighted by Gasteiger charge is 2.29. The van der Waals surface area contributed by atoms with E-state index < -0.39 is 0 Å². The van der Waals surface area contributed by atoms with Crippen molar-refractivity contribution in [1.82, 2.24) is 4.90 Å². The van der Waals surface area contributed by atoms with Gasteiger partial charge >= 0.3 is 0 Å². The van der Waals surface area contributed by atoms with Gasteiger partial charge in [-0.2, -0.15) is 0 Å². The first-order valence-electron chi connectivity index (χ1n) is 6.87. The fraction of sp³-hybridized carbons (Fsp3) is 0.438. The molecule has 2 N–H and O–H groups in total. The molecule has 2 rings (SSSR count). The van der Waals surface area contributed by atoms with Crippen LogP contribution in [0.15, 0.2) is 18.2 Å². The molecule has 1 heterocycles. The molecule has 0 spiro atoms. The van der Waals surface area contributed by atoms with Gasteiger partial charge in [-0.25, -0.2) is 0 Å². The van der Waals surface area contributed by atoms with Crippen LogP contribution in [0, 0.1) is 5.41 Å². The molecular formula is C16H21ClN2OS. The summed E-state index contributed by atoms with van der Waals surface area (Å²) < 4.78 is 0.945. The predicted molar refractivity (Wildman–Crippen MR) is 92.3 cm³/mol. The number of nitrogens with two attached hydrogens (primary N) is 1. The first-order valence-corrected chi connectivity index (χ1v) is 8.07. The molecule has 1 unspecified atom stereocenters. The Morgan fingerprint density at radius 1 is 1.38 bits per heavy atom. The summed E-state index contributed by atoms with van der Waals surface area (Å²) in [6.45, 7) is 8.42. The standard InChI is InChI=1S/C16H21ClN2OS/c1-9(16(2,3)4)19(5)15(20)14-13(18)11-7-6-10(17)8-12(11)21-14/h6-9H,18H2,1-5H3. The minimum absolute atomic E-state index is 0.0131. The molecule has 0 fully saturated rings. The molecule has 1 amide bonds. The zero-order chi connectivity index (χ0) is 15.9. The van der Waals surface area contributed by atoms with Gasteiger partial charge in [0.25, 0.3) is 5.91 Å². The van der Waals surface area contributed by atoms with Gasteiger partial charge in [0, 0.05) is 28.2 Å². The van der Waals surface area contributed by atoms with E-state index in [0.29, 0.717) is 15.6 Å². The van der Waals surface area contributed by atoms with Gasteiger partial charge in [0.05, 0.1) is 5.69 Å². The normalized spacial score (nSPS) is 13.4. The van der Waals surface area contributed by atoms with Gasteiger partial charge in [0.2, 0.25) is 0 Å². The van der Waals surface area contributed by atoms with Crippen LogP contribution in [0.25, 0.3) is 10.1 Å². The lowest BCUT2D eigenvalue weighted by atomic mass is 9.87. The number of carbonyl (C=O) groups excluding carboxylic acids is 1. The van der Waals surface area contributed by atoms with Crippen LogP contribution in [0.2, 0.25) is 5.02 Å². The molecule has 1 aromatic carbocycles. The van der Waals surface area contributed by atoms with Gasteiger partial charge in [0.15, 0.2) is 0 Å². The maximum atomic E-state index is 12.7. The van der Waals surface area contributed by atoms with Crippen LogP contribution in [0.4, 0.5) is 5.69 Å². The average molecular weight is 325 g/mol. The number of nitrogen functional groups attached to an aromatic ring is 1. The van der Waals surface area contributed by atoms with Gasteiger partial charge in [-0.3, -0.25) is 4.79 Å². The van der Waals surface area contributed by atoms with Gasteiger partial charge < -0.3 is 10.6 Å². The third-order valence-corrected chi connectivity index (χ3v) is 5.43. The van der Waals surface area contributed by atoms with Crippen LogP contribution in [0.5, 0.6) is 0 Å². The van der Waals surface area contributed by atoms with Crippen molar-refractivity contribution in [2.75, 3.05) is 12.8 Å². The lowest BCUT2D eigenvalue weighted by Crippen LogP contribution is -2.42. The Kier molecular flexibility index (Phi) is 4.22. The molecule has 0 bridgehead atoms. The van der Waals surface area contributed by atoms with Crippen molar-refractivity contribution in [2.45, 2.75) is 33.7 Å². The van der Waals surface area contributed by atoms with Crippen LogP contribution in [0.1, 0.15) is 37.4 Å². The van der Waals surface area contributed by atoms with E-state index in [1.807, 2.05) is 19.2 Å². The lowest BCUT2D eigenvalue weighted by Gasteiger charge is -2.35. The van der Waals surface area contributed by atoms with E-state index in [1.54, 1.807) is 11.0 Å². The van der Waals surface area contributed by atoms with Crippen molar-refractivity contribution in [3.63, 3.8) is 0 Å². The van der Waals surface area contributed by atoms with E-state index in [9.17, 15) is 4.79 Å². The highest BCUT2D eigenvalue weighted by molar-refractivity contribution is 7.21. The summed E-state index contributed by atoms with van der Waals surface area (Å²) in [7, 11) is 1.83. The second kappa shape index (κ2) is 5.50. The molecule has 21 heavy (non-hydrogen) atoms. The molecule has 114 valence electrons. The summed E-state index contributed by atoms with van der Waals surface area (Å²) >= 11 is 7.41. The van der Waals surface area contributed by atoms with Crippen molar-refractivity contribution in [2.24, 2.45) is 5.41 Å². The molecule has 2 aromatic rings. The second-order valence-electron chi connectivity index (χ2n) is 6.44. The minimum atomic E-state index is -0.0350. The maximum absolute atomic E-state index is 12.7. The number of anilines is 1. The van der Waals surface area contributed by atoms with Crippen molar-refractivity contribution in [3.05, 3.63) is 28.1 Å². The Labute approximate surface area is 134 Å². The molecule has 1 aromatic heterocycles. The monoisotopic (exact) mass is 324 g/mol. The Balaban J connectivity index is 2.42. The molecule has 0 aliphatic rings. The summed E-state index contributed by atoms with van der Waals surface area (Å²) in [5, 5.41) is 1.55. The largest absolute Gasteiger partial charge is 0.397 e. The van der Waals surface area contributed by atoms with Gasteiger partial charge in [0.1, 0.15) is 4.88 Å². The van der Waals surface area contributed by atoms with E-state index in [-0.39, 0.29) is 17.4 Å². The number of thiophene rings is 1. The van der Waals surface area contributed by atoms with Crippen LogP contribution in [0.3, 0.4) is 0 Å². The van der Waals surface area contributed by atoms with Crippen LogP contribution >= 0.6 is 22.9 Å². The Bertz CT molecular complexity index is 687. The predicted octanol–water partition coefficient (Wildman–Crippen LogP) is 4.64. The summed E-state index contributed by atoms with van der Waals surface area (Å²) in [6.07, 6.45) is 0. The molecule has 0 aliphatic carbocycles. The minimum Gasteiger partial charge on any atom is -0.397 e. The Morgan fingerprint density at radius 2 is 2.00 bits per heavy atom. The summed E-state index contributed by atoms with van der Waals surface area (Å²) in [4.78, 5) is 15.1. The Hall–Kier alpha value is -1.26. The first-order chi connectivity index (χ1) is 9.62. The third kappa shape index (κ3) is 3.01. The topological polar surface area (TPSA) is 46.3 Å². The Morgan fingerprint density at radius 3 is 2.57 bits per heavy atom. The molecule has 0 saturated carbocycles. The summed E-state index contributed by atoms with van der Waals surface area (Å²) in [5.41, 5.74) is 6.72. The van der Waals surface area contributed by atoms with Crippen molar-refractivity contribution < 1.29 is 4.79 Å². The number of nitrogens with zero attached hydrogens (tertiary/aromatic N) is 1. The quantitative estimate of drug-likeness (QED) is 0.874. The van der Waals surface area contributed by atoms with Crippen LogP contribution in [-0.2, 0) is 0 Å². The number of hydrogen-bond acceptors (Lipinski definition) is 3. The summed E-state index contributed by atoms with van der Waals surface area (Å²) in [6, 6.07) is 5.62. The molecule has 0 aliphatic heterocycles. The zero-order valence-corrected chi connectivity index (χ0v) is 14.6. The molecular weight excluding hydrogens is 304 g/mol. The molecule has 0 saturated heterocycles. The van der Waals surface area contributed by atoms with Crippen LogP contribution in [-0.4, -0.2) is 23.9 Å². The highest BCUT2D eigenvalue weighted by Crippen LogP contribution is 2.36. The van der Waals surface area contributed by atoms with Gasteiger partial charge in [-0.15, -0.1) is 11.3 Å². The van der Waals surface area contributed by atoms with E-state index in [2.05, 4.69) is 27.7 Å². The van der Waals surface area contributed by atoms with Crippen molar-refractivity contribution in [3.8, 4) is 0 Å². The molecule has 5 heteroatoms. The average Bonchev–Trinajstić information content (AvgIpc) is 2.71. The van der Waals surface area contributed by atoms with Gasteiger partial charge in [-0.05, 0) is 30.5 Å². The number of benzene rings is 1. The maximum Gasteiger partial charge on any atom is 0.266 e. The fourth-order valence-corrected chi connectivity index (χ4v) is 3.55. The van der Waals surface area contributed by atoms with Crippen molar-refractivity contribution >= 4 is 44.6 Å². The number of carbonyl (C=O) groups is 1. The highest BCUT2D eigenvalue weighted by atomic mass is 35.5. The SMILES string of the molecule is CC(N(C)C(=O)c1sc2cc(Cl)ccc2c1N)C(C)(C)C. The van der Waals surface area contributed by atoms with Gasteiger partial charge in [-0.1, -0.05) is 32.4 Å². The lowest BCUT2D eigenvalue weighted by molar-refractivity contribution is 0.0635. The number of halogens is 1. The smallest absolute Gasteiger partial charge is 0.266 e. The third-order valence-electron chi connectivity index (χ3n) is 4.04. The number of hydrogen-bond donors (Lipinski definition) is 1. The molecule has 0 radical (unpaired) electrons. The van der Waals surface area contributed by atoms with E-state index in [0.717, 1.165) is 10.1 Å². The second-order valence-corrected chi connectivity index (χ2v) is 7.93. The first kappa shape index (κ1) is 16.1. The van der Waals surface area contributed by atoms with E-state index >= 15 is 0 Å². The van der Waals surface area contributed by atoms with E-state index in [4.69, 9.17) is 17.3 Å². The van der Waals surface area contributed by atoms with E-state index in [1.165, 1.54) is 11.3 Å². The molecule has 3 nitrogen and oxygen atoms in total. The number of amides is 1. The number of fused-ring (bicyclic) bond motifs is 1. The summed E-state index contributed by atoms with van der Waals surface area (Å²) in [5.74, 6) is -0.0350. The number of rotatable bonds is 2. The fourth-order valence-electron chi connectivity index (χ4n) is 2.17. The van der Waals surface area contributed by atoms with Crippen molar-refractivity contribution in [1.29, 1.82) is 0 Å².